The second-order valence-electron chi connectivity index (χ2n) is 9.18. The van der Waals surface area contributed by atoms with Crippen LogP contribution in [0.4, 0.5) is 17.2 Å². The van der Waals surface area contributed by atoms with E-state index in [-0.39, 0.29) is 0 Å². The lowest BCUT2D eigenvalue weighted by Crippen LogP contribution is -2.46. The third-order valence-electron chi connectivity index (χ3n) is 5.78. The second kappa shape index (κ2) is 15.5. The van der Waals surface area contributed by atoms with Crippen LogP contribution in [0.1, 0.15) is 45.7 Å². The summed E-state index contributed by atoms with van der Waals surface area (Å²) >= 11 is 0. The van der Waals surface area contributed by atoms with E-state index >= 15 is 0 Å². The number of hydrogen-bond donors (Lipinski definition) is 1. The molecule has 0 radical (unpaired) electrons. The second-order valence-corrected chi connectivity index (χ2v) is 9.18. The molecule has 2 heterocycles. The Balaban J connectivity index is 0.000000244. The van der Waals surface area contributed by atoms with E-state index in [1.807, 2.05) is 44.3 Å². The molecule has 0 bridgehead atoms. The van der Waals surface area contributed by atoms with Crippen LogP contribution in [0.5, 0.6) is 0 Å². The van der Waals surface area contributed by atoms with Gasteiger partial charge in [-0.1, -0.05) is 73.0 Å². The zero-order valence-corrected chi connectivity index (χ0v) is 23.0. The van der Waals surface area contributed by atoms with E-state index in [1.54, 1.807) is 0 Å². The number of nitrogen functional groups attached to an aromatic ring is 1. The molecule has 4 nitrogen and oxygen atoms in total. The third kappa shape index (κ3) is 9.99. The number of nitrogens with zero attached hydrogens (tertiary/aromatic N) is 3. The number of nitrogens with two attached hydrogens (primary N) is 1. The Labute approximate surface area is 219 Å². The summed E-state index contributed by atoms with van der Waals surface area (Å²) in [6, 6.07) is 22.9. The Hall–Kier alpha value is -3.53. The van der Waals surface area contributed by atoms with E-state index in [0.717, 1.165) is 44.1 Å². The van der Waals surface area contributed by atoms with Gasteiger partial charge in [0.25, 0.3) is 0 Å². The van der Waals surface area contributed by atoms with Gasteiger partial charge in [-0.3, -0.25) is 0 Å². The van der Waals surface area contributed by atoms with Crippen molar-refractivity contribution in [2.24, 2.45) is 0 Å². The fourth-order valence-electron chi connectivity index (χ4n) is 3.93. The maximum atomic E-state index is 5.72. The van der Waals surface area contributed by atoms with E-state index < -0.39 is 0 Å². The number of anilines is 3. The monoisotopic (exact) mass is 484 g/mol. The van der Waals surface area contributed by atoms with Crippen molar-refractivity contribution in [2.75, 3.05) is 41.7 Å². The van der Waals surface area contributed by atoms with Crippen LogP contribution in [0.2, 0.25) is 0 Å². The lowest BCUT2D eigenvalue weighted by atomic mass is 10.0. The average molecular weight is 485 g/mol. The molecule has 0 amide bonds. The number of rotatable bonds is 5. The van der Waals surface area contributed by atoms with Gasteiger partial charge in [0.15, 0.2) is 0 Å². The van der Waals surface area contributed by atoms with Crippen molar-refractivity contribution >= 4 is 17.2 Å². The molecule has 4 rings (SSSR count). The molecule has 1 fully saturated rings. The summed E-state index contributed by atoms with van der Waals surface area (Å²) in [5, 5.41) is 0. The molecule has 2 aromatic carbocycles. The van der Waals surface area contributed by atoms with Crippen molar-refractivity contribution in [1.82, 2.24) is 4.98 Å². The number of benzene rings is 2. The summed E-state index contributed by atoms with van der Waals surface area (Å²) in [5.41, 5.74) is 13.3. The molecule has 0 saturated carbocycles. The van der Waals surface area contributed by atoms with Gasteiger partial charge in [0.1, 0.15) is 5.82 Å². The van der Waals surface area contributed by atoms with Gasteiger partial charge < -0.3 is 15.5 Å². The molecule has 1 aliphatic heterocycles. The van der Waals surface area contributed by atoms with Gasteiger partial charge in [-0.25, -0.2) is 4.98 Å². The average Bonchev–Trinajstić information content (AvgIpc) is 2.90. The molecule has 0 spiro atoms. The van der Waals surface area contributed by atoms with E-state index in [9.17, 15) is 0 Å². The summed E-state index contributed by atoms with van der Waals surface area (Å²) < 4.78 is 0. The number of aryl methyl sites for hydroxylation is 1. The third-order valence-corrected chi connectivity index (χ3v) is 5.78. The van der Waals surface area contributed by atoms with Crippen molar-refractivity contribution in [3.8, 4) is 0 Å². The predicted octanol–water partition coefficient (Wildman–Crippen LogP) is 7.47. The fourth-order valence-corrected chi connectivity index (χ4v) is 3.93. The SMILES string of the molecule is CC.CC(C)=C/C=C(\C)Cc1cccc(C)c1.Nc1ccc(N2CCN(c3ccccn3)CC2)cc1. The highest BCUT2D eigenvalue weighted by atomic mass is 15.3. The number of hydrogen-bond acceptors (Lipinski definition) is 4. The Morgan fingerprint density at radius 1 is 0.833 bits per heavy atom. The Morgan fingerprint density at radius 2 is 1.50 bits per heavy atom. The molecular formula is C32H44N4. The van der Waals surface area contributed by atoms with Gasteiger partial charge in [-0.05, 0) is 76.1 Å². The minimum absolute atomic E-state index is 0.816. The van der Waals surface area contributed by atoms with Gasteiger partial charge in [-0.2, -0.15) is 0 Å². The van der Waals surface area contributed by atoms with Crippen LogP contribution in [-0.2, 0) is 6.42 Å². The molecule has 1 saturated heterocycles. The summed E-state index contributed by atoms with van der Waals surface area (Å²) in [6.45, 7) is 16.6. The normalized spacial score (nSPS) is 13.1. The number of piperazine rings is 1. The van der Waals surface area contributed by atoms with Crippen molar-refractivity contribution in [2.45, 2.75) is 48.0 Å². The lowest BCUT2D eigenvalue weighted by Gasteiger charge is -2.36. The first kappa shape index (κ1) is 28.7. The Kier molecular flexibility index (Phi) is 12.3. The van der Waals surface area contributed by atoms with Crippen LogP contribution in [-0.4, -0.2) is 31.2 Å². The van der Waals surface area contributed by atoms with E-state index in [1.165, 1.54) is 28.0 Å². The van der Waals surface area contributed by atoms with E-state index in [0.29, 0.717) is 0 Å². The molecule has 192 valence electrons. The fraction of sp³-hybridized carbons (Fsp3) is 0.344. The van der Waals surface area contributed by atoms with Gasteiger partial charge in [0.2, 0.25) is 0 Å². The van der Waals surface area contributed by atoms with Crippen molar-refractivity contribution < 1.29 is 0 Å². The molecule has 3 aromatic rings. The standard InChI is InChI=1S/C15H18N4.C15H20.C2H6/c16-13-4-6-14(7-5-13)18-9-11-19(12-10-18)15-3-1-2-8-17-15;1-12(2)8-9-14(4)11-15-7-5-6-13(3)10-15;1-2/h1-8H,9-12,16H2;5-10H,11H2,1-4H3;1-2H3/b;14-9+;. The van der Waals surface area contributed by atoms with Crippen molar-refractivity contribution in [1.29, 1.82) is 0 Å². The summed E-state index contributed by atoms with van der Waals surface area (Å²) in [6.07, 6.45) is 7.27. The minimum Gasteiger partial charge on any atom is -0.399 e. The first-order valence-electron chi connectivity index (χ1n) is 13.0. The first-order chi connectivity index (χ1) is 17.4. The first-order valence-corrected chi connectivity index (χ1v) is 13.0. The van der Waals surface area contributed by atoms with Crippen molar-refractivity contribution in [3.63, 3.8) is 0 Å². The topological polar surface area (TPSA) is 45.4 Å². The summed E-state index contributed by atoms with van der Waals surface area (Å²) in [4.78, 5) is 9.12. The lowest BCUT2D eigenvalue weighted by molar-refractivity contribution is 0.647. The Morgan fingerprint density at radius 3 is 2.08 bits per heavy atom. The number of allylic oxidation sites excluding steroid dienone is 4. The largest absolute Gasteiger partial charge is 0.399 e. The quantitative estimate of drug-likeness (QED) is 0.301. The van der Waals surface area contributed by atoms with E-state index in [4.69, 9.17) is 5.73 Å². The maximum Gasteiger partial charge on any atom is 0.128 e. The van der Waals surface area contributed by atoms with Crippen LogP contribution in [0.25, 0.3) is 0 Å². The van der Waals surface area contributed by atoms with Crippen molar-refractivity contribution in [3.05, 3.63) is 107 Å². The molecule has 0 aliphatic carbocycles. The molecule has 0 unspecified atom stereocenters. The van der Waals surface area contributed by atoms with Crippen LogP contribution in [0, 0.1) is 6.92 Å². The van der Waals surface area contributed by atoms with Gasteiger partial charge >= 0.3 is 0 Å². The van der Waals surface area contributed by atoms with Crippen LogP contribution in [0.15, 0.2) is 96.2 Å². The minimum atomic E-state index is 0.816. The number of pyridine rings is 1. The molecule has 1 aliphatic rings. The van der Waals surface area contributed by atoms with Crippen LogP contribution < -0.4 is 15.5 Å². The molecule has 0 atom stereocenters. The van der Waals surface area contributed by atoms with Gasteiger partial charge in [0.05, 0.1) is 0 Å². The molecular weight excluding hydrogens is 440 g/mol. The molecule has 1 aromatic heterocycles. The zero-order valence-electron chi connectivity index (χ0n) is 23.0. The van der Waals surface area contributed by atoms with Gasteiger partial charge in [-0.15, -0.1) is 0 Å². The molecule has 4 heteroatoms. The predicted molar refractivity (Wildman–Crippen MR) is 159 cm³/mol. The zero-order chi connectivity index (χ0) is 26.3. The number of aromatic nitrogens is 1. The Bertz CT molecular complexity index is 1070. The van der Waals surface area contributed by atoms with Crippen LogP contribution in [0.3, 0.4) is 0 Å². The highest BCUT2D eigenvalue weighted by Gasteiger charge is 2.17. The highest BCUT2D eigenvalue weighted by molar-refractivity contribution is 5.54. The highest BCUT2D eigenvalue weighted by Crippen LogP contribution is 2.20. The molecule has 36 heavy (non-hydrogen) atoms. The van der Waals surface area contributed by atoms with E-state index in [2.05, 4.69) is 97.1 Å². The molecule has 2 N–H and O–H groups in total. The van der Waals surface area contributed by atoms with Gasteiger partial charge in [0, 0.05) is 43.8 Å². The maximum absolute atomic E-state index is 5.72. The smallest absolute Gasteiger partial charge is 0.128 e. The summed E-state index contributed by atoms with van der Waals surface area (Å²) in [5.74, 6) is 1.07. The van der Waals surface area contributed by atoms with Crippen LogP contribution >= 0.6 is 0 Å². The summed E-state index contributed by atoms with van der Waals surface area (Å²) in [7, 11) is 0.